The maximum Gasteiger partial charge on any atom is 0.417 e. The fourth-order valence-electron chi connectivity index (χ4n) is 1.69. The number of rotatable bonds is 1. The van der Waals surface area contributed by atoms with Gasteiger partial charge < -0.3 is 0 Å². The molecule has 0 bridgehead atoms. The lowest BCUT2D eigenvalue weighted by Gasteiger charge is -2.10. The Bertz CT molecular complexity index is 621. The predicted octanol–water partition coefficient (Wildman–Crippen LogP) is 5.04. The summed E-state index contributed by atoms with van der Waals surface area (Å²) in [6, 6.07) is 6.44. The summed E-state index contributed by atoms with van der Waals surface area (Å²) in [5, 5.41) is -0.00178. The van der Waals surface area contributed by atoms with Gasteiger partial charge in [-0.25, -0.2) is 0 Å². The summed E-state index contributed by atoms with van der Waals surface area (Å²) in [6.45, 7) is 3.89. The van der Waals surface area contributed by atoms with Crippen LogP contribution >= 0.6 is 11.6 Å². The second kappa shape index (κ2) is 4.85. The van der Waals surface area contributed by atoms with Crippen molar-refractivity contribution in [3.63, 3.8) is 0 Å². The van der Waals surface area contributed by atoms with Crippen LogP contribution in [0.15, 0.2) is 30.5 Å². The number of benzene rings is 1. The molecule has 0 saturated heterocycles. The van der Waals surface area contributed by atoms with Crippen molar-refractivity contribution in [1.82, 2.24) is 4.98 Å². The minimum Gasteiger partial charge on any atom is -0.254 e. The Morgan fingerprint density at radius 2 is 1.74 bits per heavy atom. The van der Waals surface area contributed by atoms with Gasteiger partial charge in [-0.2, -0.15) is 13.2 Å². The van der Waals surface area contributed by atoms with E-state index in [1.807, 2.05) is 26.0 Å². The van der Waals surface area contributed by atoms with Gasteiger partial charge in [0.25, 0.3) is 0 Å². The number of aryl methyl sites for hydroxylation is 2. The molecule has 2 rings (SSSR count). The second-order valence-corrected chi connectivity index (χ2v) is 4.76. The maximum absolute atomic E-state index is 12.5. The van der Waals surface area contributed by atoms with Gasteiger partial charge in [0.2, 0.25) is 0 Å². The molecule has 0 aliphatic carbocycles. The first-order chi connectivity index (χ1) is 8.79. The molecule has 0 N–H and O–H groups in total. The van der Waals surface area contributed by atoms with E-state index in [-0.39, 0.29) is 5.02 Å². The van der Waals surface area contributed by atoms with Gasteiger partial charge in [0, 0.05) is 11.8 Å². The number of nitrogens with zero attached hydrogens (tertiary/aromatic N) is 1. The number of halogens is 4. The molecule has 0 saturated carbocycles. The zero-order valence-electron chi connectivity index (χ0n) is 10.3. The summed E-state index contributed by atoms with van der Waals surface area (Å²) >= 11 is 5.90. The number of aromatic nitrogens is 1. The molecule has 19 heavy (non-hydrogen) atoms. The Balaban J connectivity index is 2.49. The van der Waals surface area contributed by atoms with Crippen molar-refractivity contribution in [1.29, 1.82) is 0 Å². The van der Waals surface area contributed by atoms with Gasteiger partial charge >= 0.3 is 6.18 Å². The van der Waals surface area contributed by atoms with Gasteiger partial charge in [-0.05, 0) is 37.1 Å². The molecule has 100 valence electrons. The molecule has 0 radical (unpaired) electrons. The van der Waals surface area contributed by atoms with E-state index in [4.69, 9.17) is 11.6 Å². The fraction of sp³-hybridized carbons (Fsp3) is 0.214. The van der Waals surface area contributed by atoms with Crippen molar-refractivity contribution in [3.05, 3.63) is 52.2 Å². The van der Waals surface area contributed by atoms with Gasteiger partial charge in [-0.1, -0.05) is 23.7 Å². The van der Waals surface area contributed by atoms with Crippen molar-refractivity contribution < 1.29 is 13.2 Å². The van der Waals surface area contributed by atoms with Crippen LogP contribution in [0.2, 0.25) is 5.02 Å². The van der Waals surface area contributed by atoms with E-state index < -0.39 is 11.7 Å². The van der Waals surface area contributed by atoms with Gasteiger partial charge in [0.15, 0.2) is 0 Å². The minimum atomic E-state index is -4.43. The molecule has 0 fully saturated rings. The third kappa shape index (κ3) is 2.89. The average molecular weight is 286 g/mol. The highest BCUT2D eigenvalue weighted by Crippen LogP contribution is 2.34. The van der Waals surface area contributed by atoms with Crippen LogP contribution in [-0.2, 0) is 6.18 Å². The molecule has 0 atom stereocenters. The van der Waals surface area contributed by atoms with Crippen LogP contribution in [0.4, 0.5) is 13.2 Å². The summed E-state index contributed by atoms with van der Waals surface area (Å²) in [5.41, 5.74) is 2.37. The zero-order chi connectivity index (χ0) is 14.2. The highest BCUT2D eigenvalue weighted by atomic mass is 35.5. The van der Waals surface area contributed by atoms with Crippen LogP contribution in [0.5, 0.6) is 0 Å². The van der Waals surface area contributed by atoms with Crippen LogP contribution in [0.1, 0.15) is 16.7 Å². The number of pyridine rings is 1. The quantitative estimate of drug-likeness (QED) is 0.715. The molecule has 1 nitrogen and oxygen atoms in total. The summed E-state index contributed by atoms with van der Waals surface area (Å²) in [6.07, 6.45) is -3.63. The molecule has 0 aliphatic rings. The average Bonchev–Trinajstić information content (AvgIpc) is 2.31. The van der Waals surface area contributed by atoms with Crippen molar-refractivity contribution in [2.45, 2.75) is 20.0 Å². The van der Waals surface area contributed by atoms with Crippen molar-refractivity contribution in [2.24, 2.45) is 0 Å². The second-order valence-electron chi connectivity index (χ2n) is 4.35. The SMILES string of the molecule is Cc1ccc(-c2ncc(C(F)(F)F)cc2Cl)cc1C. The Kier molecular flexibility index (Phi) is 3.54. The highest BCUT2D eigenvalue weighted by Gasteiger charge is 2.31. The molecular weight excluding hydrogens is 275 g/mol. The lowest BCUT2D eigenvalue weighted by molar-refractivity contribution is -0.137. The van der Waals surface area contributed by atoms with E-state index in [0.717, 1.165) is 23.4 Å². The Labute approximate surface area is 114 Å². The molecular formula is C14H11ClF3N. The first-order valence-corrected chi connectivity index (χ1v) is 5.97. The van der Waals surface area contributed by atoms with Crippen LogP contribution in [-0.4, -0.2) is 4.98 Å². The topological polar surface area (TPSA) is 12.9 Å². The van der Waals surface area contributed by atoms with E-state index >= 15 is 0 Å². The van der Waals surface area contributed by atoms with Crippen molar-refractivity contribution in [3.8, 4) is 11.3 Å². The first-order valence-electron chi connectivity index (χ1n) is 5.59. The molecule has 1 heterocycles. The van der Waals surface area contributed by atoms with E-state index in [0.29, 0.717) is 11.3 Å². The lowest BCUT2D eigenvalue weighted by atomic mass is 10.0. The van der Waals surface area contributed by atoms with Gasteiger partial charge in [-0.15, -0.1) is 0 Å². The fourth-order valence-corrected chi connectivity index (χ4v) is 1.97. The Morgan fingerprint density at radius 1 is 1.05 bits per heavy atom. The Morgan fingerprint density at radius 3 is 2.26 bits per heavy atom. The molecule has 1 aromatic heterocycles. The van der Waals surface area contributed by atoms with Gasteiger partial charge in [0.05, 0.1) is 16.3 Å². The zero-order valence-corrected chi connectivity index (χ0v) is 11.1. The smallest absolute Gasteiger partial charge is 0.254 e. The summed E-state index contributed by atoms with van der Waals surface area (Å²) in [7, 11) is 0. The molecule has 1 aromatic carbocycles. The molecule has 0 unspecified atom stereocenters. The molecule has 0 spiro atoms. The normalized spacial score (nSPS) is 11.7. The largest absolute Gasteiger partial charge is 0.417 e. The number of hydrogen-bond acceptors (Lipinski definition) is 1. The third-order valence-electron chi connectivity index (χ3n) is 2.95. The molecule has 5 heteroatoms. The van der Waals surface area contributed by atoms with Crippen molar-refractivity contribution in [2.75, 3.05) is 0 Å². The van der Waals surface area contributed by atoms with Crippen LogP contribution in [0.3, 0.4) is 0 Å². The van der Waals surface area contributed by atoms with E-state index in [9.17, 15) is 13.2 Å². The van der Waals surface area contributed by atoms with Crippen LogP contribution < -0.4 is 0 Å². The van der Waals surface area contributed by atoms with E-state index in [1.165, 1.54) is 0 Å². The van der Waals surface area contributed by atoms with Crippen LogP contribution in [0.25, 0.3) is 11.3 Å². The molecule has 0 amide bonds. The van der Waals surface area contributed by atoms with Gasteiger partial charge in [0.1, 0.15) is 0 Å². The van der Waals surface area contributed by atoms with Crippen LogP contribution in [0, 0.1) is 13.8 Å². The van der Waals surface area contributed by atoms with Gasteiger partial charge in [-0.3, -0.25) is 4.98 Å². The number of alkyl halides is 3. The summed E-state index contributed by atoms with van der Waals surface area (Å²) in [5.74, 6) is 0. The lowest BCUT2D eigenvalue weighted by Crippen LogP contribution is -2.05. The standard InChI is InChI=1S/C14H11ClF3N/c1-8-3-4-10(5-9(8)2)13-12(15)6-11(7-19-13)14(16,17)18/h3-7H,1-2H3. The summed E-state index contributed by atoms with van der Waals surface area (Å²) in [4.78, 5) is 3.83. The molecule has 2 aromatic rings. The van der Waals surface area contributed by atoms with Crippen molar-refractivity contribution >= 4 is 11.6 Å². The minimum absolute atomic E-state index is 0.00178. The molecule has 0 aliphatic heterocycles. The monoisotopic (exact) mass is 285 g/mol. The summed E-state index contributed by atoms with van der Waals surface area (Å²) < 4.78 is 37.6. The predicted molar refractivity (Wildman–Crippen MR) is 69.2 cm³/mol. The third-order valence-corrected chi connectivity index (χ3v) is 3.24. The van der Waals surface area contributed by atoms with E-state index in [2.05, 4.69) is 4.98 Å². The highest BCUT2D eigenvalue weighted by molar-refractivity contribution is 6.33. The number of hydrogen-bond donors (Lipinski definition) is 0. The Hall–Kier alpha value is -1.55. The first kappa shape index (κ1) is 13.9. The maximum atomic E-state index is 12.5. The van der Waals surface area contributed by atoms with E-state index in [1.54, 1.807) is 6.07 Å².